The lowest BCUT2D eigenvalue weighted by Crippen LogP contribution is -2.33. The molecule has 0 bridgehead atoms. The van der Waals surface area contributed by atoms with Gasteiger partial charge in [-0.15, -0.1) is 0 Å². The number of ether oxygens (including phenoxy) is 1. The number of aryl methyl sites for hydroxylation is 2. The molecule has 3 N–H and O–H groups in total. The Morgan fingerprint density at radius 3 is 2.23 bits per heavy atom. The summed E-state index contributed by atoms with van der Waals surface area (Å²) in [7, 11) is -3.78. The van der Waals surface area contributed by atoms with E-state index in [1.165, 1.54) is 24.3 Å². The molecule has 0 aliphatic rings. The molecule has 2 aromatic rings. The quantitative estimate of drug-likeness (QED) is 0.330. The predicted octanol–water partition coefficient (Wildman–Crippen LogP) is 3.04. The monoisotopic (exact) mass is 461 g/mol. The number of carbonyl (C=O) groups excluding carboxylic acids is 2. The largest absolute Gasteiger partial charge is 0.463 e. The number of para-hydroxylation sites is 1. The molecule has 0 radical (unpaired) electrons. The van der Waals surface area contributed by atoms with Crippen molar-refractivity contribution in [3.63, 3.8) is 0 Å². The van der Waals surface area contributed by atoms with Gasteiger partial charge in [-0.1, -0.05) is 18.2 Å². The zero-order valence-electron chi connectivity index (χ0n) is 17.3. The number of amides is 1. The van der Waals surface area contributed by atoms with Crippen molar-refractivity contribution in [3.8, 4) is 0 Å². The van der Waals surface area contributed by atoms with Crippen molar-refractivity contribution in [2.45, 2.75) is 25.7 Å². The molecule has 0 saturated carbocycles. The molecule has 164 valence electrons. The first-order valence-electron chi connectivity index (χ1n) is 9.28. The molecule has 10 heteroatoms. The molecule has 31 heavy (non-hydrogen) atoms. The molecule has 0 unspecified atom stereocenters. The van der Waals surface area contributed by atoms with Crippen LogP contribution in [0.5, 0.6) is 0 Å². The molecule has 1 amide bonds. The van der Waals surface area contributed by atoms with Crippen LogP contribution < -0.4 is 15.4 Å². The van der Waals surface area contributed by atoms with Crippen molar-refractivity contribution in [1.29, 1.82) is 0 Å². The van der Waals surface area contributed by atoms with Gasteiger partial charge >= 0.3 is 5.97 Å². The summed E-state index contributed by atoms with van der Waals surface area (Å²) in [6.45, 7) is 5.52. The lowest BCUT2D eigenvalue weighted by atomic mass is 10.1. The Bertz CT molecular complexity index is 1090. The highest BCUT2D eigenvalue weighted by Gasteiger charge is 2.16. The third-order valence-corrected chi connectivity index (χ3v) is 5.60. The lowest BCUT2D eigenvalue weighted by molar-refractivity contribution is -0.137. The van der Waals surface area contributed by atoms with Gasteiger partial charge in [0.25, 0.3) is 10.0 Å². The standard InChI is InChI=1S/C21H23N3O5S2/c1-4-29-19(26)13-12-18(25)23-21(30)22-16-8-10-17(11-9-16)31(27,28)24-20-14(2)6-5-7-15(20)3/h5-13,24H,4H2,1-3H3,(H2,22,23,25,30). The molecule has 0 aromatic heterocycles. The van der Waals surface area contributed by atoms with Crippen LogP contribution in [0.25, 0.3) is 0 Å². The van der Waals surface area contributed by atoms with Gasteiger partial charge in [-0.2, -0.15) is 0 Å². The Labute approximate surface area is 186 Å². The summed E-state index contributed by atoms with van der Waals surface area (Å²) in [5, 5.41) is 5.13. The fourth-order valence-corrected chi connectivity index (χ4v) is 3.96. The minimum atomic E-state index is -3.78. The van der Waals surface area contributed by atoms with Gasteiger partial charge in [-0.25, -0.2) is 13.2 Å². The summed E-state index contributed by atoms with van der Waals surface area (Å²) >= 11 is 5.04. The van der Waals surface area contributed by atoms with E-state index in [-0.39, 0.29) is 16.6 Å². The van der Waals surface area contributed by atoms with Crippen LogP contribution in [0.4, 0.5) is 11.4 Å². The number of benzene rings is 2. The molecule has 2 aromatic carbocycles. The maximum atomic E-state index is 12.7. The SMILES string of the molecule is CCOC(=O)C=CC(=O)NC(=S)Nc1ccc(S(=O)(=O)Nc2c(C)cccc2C)cc1. The molecular formula is C21H23N3O5S2. The average Bonchev–Trinajstić information content (AvgIpc) is 2.70. The minimum absolute atomic E-state index is 0.0113. The number of sulfonamides is 1. The molecular weight excluding hydrogens is 438 g/mol. The van der Waals surface area contributed by atoms with E-state index in [4.69, 9.17) is 12.2 Å². The maximum Gasteiger partial charge on any atom is 0.330 e. The van der Waals surface area contributed by atoms with Gasteiger partial charge in [0.2, 0.25) is 5.91 Å². The highest BCUT2D eigenvalue weighted by atomic mass is 32.2. The Balaban J connectivity index is 2.00. The van der Waals surface area contributed by atoms with Crippen LogP contribution in [-0.2, 0) is 24.3 Å². The second-order valence-electron chi connectivity index (χ2n) is 6.43. The third kappa shape index (κ3) is 7.19. The Morgan fingerprint density at radius 2 is 1.65 bits per heavy atom. The van der Waals surface area contributed by atoms with Crippen LogP contribution >= 0.6 is 12.2 Å². The van der Waals surface area contributed by atoms with E-state index in [2.05, 4.69) is 20.1 Å². The first-order valence-corrected chi connectivity index (χ1v) is 11.2. The predicted molar refractivity (Wildman–Crippen MR) is 123 cm³/mol. The Hall–Kier alpha value is -3.24. The van der Waals surface area contributed by atoms with Gasteiger partial charge in [0, 0.05) is 17.8 Å². The van der Waals surface area contributed by atoms with Crippen LogP contribution in [0.2, 0.25) is 0 Å². The fourth-order valence-electron chi connectivity index (χ4n) is 2.54. The maximum absolute atomic E-state index is 12.7. The number of carbonyl (C=O) groups is 2. The van der Waals surface area contributed by atoms with E-state index < -0.39 is 21.9 Å². The highest BCUT2D eigenvalue weighted by molar-refractivity contribution is 7.92. The molecule has 2 rings (SSSR count). The van der Waals surface area contributed by atoms with Crippen LogP contribution in [-0.4, -0.2) is 32.0 Å². The van der Waals surface area contributed by atoms with E-state index in [9.17, 15) is 18.0 Å². The van der Waals surface area contributed by atoms with Crippen molar-refractivity contribution in [2.24, 2.45) is 0 Å². The Kier molecular flexibility index (Phi) is 8.29. The smallest absolute Gasteiger partial charge is 0.330 e. The molecule has 0 aliphatic carbocycles. The van der Waals surface area contributed by atoms with E-state index >= 15 is 0 Å². The van der Waals surface area contributed by atoms with E-state index in [0.717, 1.165) is 23.3 Å². The number of anilines is 2. The summed E-state index contributed by atoms with van der Waals surface area (Å²) in [4.78, 5) is 23.0. The second kappa shape index (κ2) is 10.7. The first kappa shape index (κ1) is 24.0. The summed E-state index contributed by atoms with van der Waals surface area (Å²) in [6, 6.07) is 11.4. The van der Waals surface area contributed by atoms with Crippen molar-refractivity contribution >= 4 is 50.6 Å². The zero-order valence-corrected chi connectivity index (χ0v) is 18.9. The number of hydrogen-bond donors (Lipinski definition) is 3. The molecule has 0 atom stereocenters. The number of thiocarbonyl (C=S) groups is 1. The molecule has 0 fully saturated rings. The molecule has 8 nitrogen and oxygen atoms in total. The summed E-state index contributed by atoms with van der Waals surface area (Å²) in [6.07, 6.45) is 1.99. The number of hydrogen-bond acceptors (Lipinski definition) is 6. The first-order chi connectivity index (χ1) is 14.6. The van der Waals surface area contributed by atoms with E-state index in [1.54, 1.807) is 6.92 Å². The zero-order chi connectivity index (χ0) is 23.0. The van der Waals surface area contributed by atoms with Gasteiger partial charge in [0.15, 0.2) is 5.11 Å². The number of nitrogens with one attached hydrogen (secondary N) is 3. The summed E-state index contributed by atoms with van der Waals surface area (Å²) in [5.41, 5.74) is 2.66. The second-order valence-corrected chi connectivity index (χ2v) is 8.52. The van der Waals surface area contributed by atoms with Crippen molar-refractivity contribution in [3.05, 3.63) is 65.7 Å². The summed E-state index contributed by atoms with van der Waals surface area (Å²) in [5.74, 6) is -1.25. The fraction of sp³-hybridized carbons (Fsp3) is 0.190. The lowest BCUT2D eigenvalue weighted by Gasteiger charge is -2.14. The van der Waals surface area contributed by atoms with Crippen molar-refractivity contribution < 1.29 is 22.7 Å². The van der Waals surface area contributed by atoms with E-state index in [1.807, 2.05) is 32.0 Å². The van der Waals surface area contributed by atoms with Crippen LogP contribution in [0.3, 0.4) is 0 Å². The Morgan fingerprint density at radius 1 is 1.03 bits per heavy atom. The van der Waals surface area contributed by atoms with Crippen molar-refractivity contribution in [2.75, 3.05) is 16.6 Å². The number of rotatable bonds is 7. The molecule has 0 saturated heterocycles. The minimum Gasteiger partial charge on any atom is -0.463 e. The molecule has 0 aliphatic heterocycles. The van der Waals surface area contributed by atoms with Crippen LogP contribution in [0.1, 0.15) is 18.1 Å². The van der Waals surface area contributed by atoms with Gasteiger partial charge in [-0.3, -0.25) is 14.8 Å². The van der Waals surface area contributed by atoms with E-state index in [0.29, 0.717) is 11.4 Å². The highest BCUT2D eigenvalue weighted by Crippen LogP contribution is 2.24. The van der Waals surface area contributed by atoms with Crippen LogP contribution in [0, 0.1) is 13.8 Å². The average molecular weight is 462 g/mol. The third-order valence-electron chi connectivity index (χ3n) is 4.03. The van der Waals surface area contributed by atoms with Crippen LogP contribution in [0.15, 0.2) is 59.5 Å². The molecule has 0 heterocycles. The van der Waals surface area contributed by atoms with Gasteiger partial charge in [-0.05, 0) is 68.4 Å². The van der Waals surface area contributed by atoms with Gasteiger partial charge < -0.3 is 10.1 Å². The summed E-state index contributed by atoms with van der Waals surface area (Å²) < 4.78 is 32.7. The van der Waals surface area contributed by atoms with Gasteiger partial charge in [0.05, 0.1) is 17.2 Å². The topological polar surface area (TPSA) is 114 Å². The number of esters is 1. The van der Waals surface area contributed by atoms with Crippen molar-refractivity contribution in [1.82, 2.24) is 5.32 Å². The normalized spacial score (nSPS) is 11.1. The molecule has 0 spiro atoms. The van der Waals surface area contributed by atoms with Gasteiger partial charge in [0.1, 0.15) is 0 Å².